The number of hydrogen-bond donors (Lipinski definition) is 0. The first-order valence-electron chi connectivity index (χ1n) is 5.64. The zero-order chi connectivity index (χ0) is 11.7. The quantitative estimate of drug-likeness (QED) is 0.646. The van der Waals surface area contributed by atoms with Gasteiger partial charge in [-0.3, -0.25) is 4.63 Å². The molecule has 90 valence electrons. The Bertz CT molecular complexity index is 537. The first kappa shape index (κ1) is 10.2. The van der Waals surface area contributed by atoms with Gasteiger partial charge in [0.2, 0.25) is 11.3 Å². The largest absolute Gasteiger partial charge is 0.490 e. The number of benzene rings is 1. The van der Waals surface area contributed by atoms with Crippen LogP contribution in [0.3, 0.4) is 0 Å². The van der Waals surface area contributed by atoms with Crippen LogP contribution in [0.1, 0.15) is 19.3 Å². The first-order valence-corrected chi connectivity index (χ1v) is 5.64. The number of aromatic nitrogens is 2. The Labute approximate surface area is 97.3 Å². The third-order valence-corrected chi connectivity index (χ3v) is 2.77. The Morgan fingerprint density at radius 1 is 1.12 bits per heavy atom. The normalized spacial score (nSPS) is 16.2. The minimum Gasteiger partial charge on any atom is -0.490 e. The summed E-state index contributed by atoms with van der Waals surface area (Å²) in [5.41, 5.74) is 0.769. The zero-order valence-corrected chi connectivity index (χ0v) is 9.22. The first-order chi connectivity index (χ1) is 8.36. The van der Waals surface area contributed by atoms with Gasteiger partial charge in [0, 0.05) is 0 Å². The van der Waals surface area contributed by atoms with Crippen molar-refractivity contribution in [2.24, 2.45) is 0 Å². The molecule has 0 radical (unpaired) electrons. The van der Waals surface area contributed by atoms with E-state index in [1.807, 2.05) is 0 Å². The predicted octanol–water partition coefficient (Wildman–Crippen LogP) is 1.40. The van der Waals surface area contributed by atoms with Crippen LogP contribution in [0, 0.1) is 5.21 Å². The molecule has 0 spiro atoms. The van der Waals surface area contributed by atoms with Crippen molar-refractivity contribution in [3.05, 3.63) is 17.3 Å². The smallest absolute Gasteiger partial charge is 0.294 e. The highest BCUT2D eigenvalue weighted by Crippen LogP contribution is 2.34. The molecule has 1 aliphatic heterocycles. The van der Waals surface area contributed by atoms with E-state index >= 15 is 0 Å². The summed E-state index contributed by atoms with van der Waals surface area (Å²) in [5, 5.41) is 15.0. The SMILES string of the molecule is [O-][n+]1onc2c3c(ccc21)OCCCCCO3. The average Bonchev–Trinajstić information content (AvgIpc) is 2.75. The molecule has 2 aromatic rings. The molecule has 0 aliphatic carbocycles. The van der Waals surface area contributed by atoms with Gasteiger partial charge in [0.05, 0.1) is 18.4 Å². The van der Waals surface area contributed by atoms with Gasteiger partial charge < -0.3 is 14.7 Å². The zero-order valence-electron chi connectivity index (χ0n) is 9.22. The van der Waals surface area contributed by atoms with Gasteiger partial charge >= 0.3 is 0 Å². The maximum absolute atomic E-state index is 11.3. The van der Waals surface area contributed by atoms with Gasteiger partial charge in [-0.05, 0) is 36.3 Å². The number of fused-ring (bicyclic) bond motifs is 3. The molecule has 0 saturated carbocycles. The van der Waals surface area contributed by atoms with Crippen LogP contribution in [0.15, 0.2) is 16.8 Å². The summed E-state index contributed by atoms with van der Waals surface area (Å²) in [6.07, 6.45) is 3.03. The molecule has 1 aliphatic rings. The summed E-state index contributed by atoms with van der Waals surface area (Å²) in [5.74, 6) is 1.12. The van der Waals surface area contributed by atoms with Gasteiger partial charge in [0.15, 0.2) is 5.75 Å². The van der Waals surface area contributed by atoms with Crippen molar-refractivity contribution in [3.8, 4) is 11.5 Å². The molecule has 3 rings (SSSR count). The van der Waals surface area contributed by atoms with E-state index in [0.29, 0.717) is 40.6 Å². The lowest BCUT2D eigenvalue weighted by molar-refractivity contribution is -0.782. The maximum atomic E-state index is 11.3. The molecule has 1 aromatic heterocycles. The molecule has 0 saturated heterocycles. The van der Waals surface area contributed by atoms with Gasteiger partial charge in [-0.25, -0.2) is 0 Å². The Morgan fingerprint density at radius 2 is 1.94 bits per heavy atom. The highest BCUT2D eigenvalue weighted by molar-refractivity contribution is 5.81. The van der Waals surface area contributed by atoms with Crippen LogP contribution in [0.5, 0.6) is 11.5 Å². The summed E-state index contributed by atoms with van der Waals surface area (Å²) in [4.78, 5) is 0.367. The second-order valence-corrected chi connectivity index (χ2v) is 3.95. The van der Waals surface area contributed by atoms with E-state index in [0.717, 1.165) is 19.3 Å². The number of nitrogens with zero attached hydrogens (tertiary/aromatic N) is 2. The van der Waals surface area contributed by atoms with Crippen LogP contribution < -0.4 is 14.4 Å². The average molecular weight is 236 g/mol. The van der Waals surface area contributed by atoms with Gasteiger partial charge in [-0.2, -0.15) is 0 Å². The summed E-state index contributed by atoms with van der Waals surface area (Å²) in [6.45, 7) is 1.25. The fraction of sp³-hybridized carbons (Fsp3) is 0.455. The van der Waals surface area contributed by atoms with Crippen molar-refractivity contribution in [2.45, 2.75) is 19.3 Å². The van der Waals surface area contributed by atoms with Gasteiger partial charge in [-0.1, -0.05) is 0 Å². The summed E-state index contributed by atoms with van der Waals surface area (Å²) in [7, 11) is 0. The Balaban J connectivity index is 2.11. The molecular weight excluding hydrogens is 224 g/mol. The molecule has 0 unspecified atom stereocenters. The summed E-state index contributed by atoms with van der Waals surface area (Å²) in [6, 6.07) is 3.34. The standard InChI is InChI=1S/C11H12N2O4/c14-13-8-4-5-9-11(10(8)12-17-13)16-7-3-1-2-6-15-9/h4-5H,1-3,6-7H2. The third kappa shape index (κ3) is 1.75. The number of rotatable bonds is 0. The lowest BCUT2D eigenvalue weighted by Gasteiger charge is -2.08. The molecule has 6 nitrogen and oxygen atoms in total. The van der Waals surface area contributed by atoms with Gasteiger partial charge in [-0.15, -0.1) is 0 Å². The Hall–Kier alpha value is -1.98. The van der Waals surface area contributed by atoms with Crippen LogP contribution in [-0.4, -0.2) is 18.4 Å². The maximum Gasteiger partial charge on any atom is 0.294 e. The van der Waals surface area contributed by atoms with Crippen LogP contribution in [-0.2, 0) is 0 Å². The van der Waals surface area contributed by atoms with Crippen molar-refractivity contribution in [2.75, 3.05) is 13.2 Å². The van der Waals surface area contributed by atoms with E-state index in [1.54, 1.807) is 12.1 Å². The molecule has 0 bridgehead atoms. The predicted molar refractivity (Wildman–Crippen MR) is 57.8 cm³/mol. The molecule has 0 amide bonds. The molecule has 0 N–H and O–H groups in total. The minimum absolute atomic E-state index is 0.353. The molecule has 1 aromatic carbocycles. The fourth-order valence-electron chi connectivity index (χ4n) is 1.89. The van der Waals surface area contributed by atoms with Gasteiger partial charge in [0.1, 0.15) is 0 Å². The molecule has 0 fully saturated rings. The van der Waals surface area contributed by atoms with Crippen LogP contribution >= 0.6 is 0 Å². The van der Waals surface area contributed by atoms with Crippen LogP contribution in [0.25, 0.3) is 11.0 Å². The monoisotopic (exact) mass is 236 g/mol. The van der Waals surface area contributed by atoms with E-state index in [-0.39, 0.29) is 0 Å². The molecular formula is C11H12N2O4. The fourth-order valence-corrected chi connectivity index (χ4v) is 1.89. The Kier molecular flexibility index (Phi) is 2.47. The minimum atomic E-state index is 0.353. The molecule has 2 heterocycles. The number of hydrogen-bond acceptors (Lipinski definition) is 5. The van der Waals surface area contributed by atoms with Crippen molar-refractivity contribution < 1.29 is 19.0 Å². The van der Waals surface area contributed by atoms with E-state index < -0.39 is 0 Å². The molecule has 0 atom stereocenters. The van der Waals surface area contributed by atoms with E-state index in [9.17, 15) is 5.21 Å². The van der Waals surface area contributed by atoms with Crippen LogP contribution in [0.4, 0.5) is 0 Å². The lowest BCUT2D eigenvalue weighted by Crippen LogP contribution is -2.22. The summed E-state index contributed by atoms with van der Waals surface area (Å²) >= 11 is 0. The van der Waals surface area contributed by atoms with E-state index in [1.165, 1.54) is 0 Å². The Morgan fingerprint density at radius 3 is 2.82 bits per heavy atom. The lowest BCUT2D eigenvalue weighted by atomic mass is 10.2. The van der Waals surface area contributed by atoms with Crippen molar-refractivity contribution in [1.82, 2.24) is 5.16 Å². The van der Waals surface area contributed by atoms with Crippen LogP contribution in [0.2, 0.25) is 0 Å². The number of ether oxygens (including phenoxy) is 2. The topological polar surface area (TPSA) is 71.4 Å². The van der Waals surface area contributed by atoms with E-state index in [4.69, 9.17) is 9.47 Å². The van der Waals surface area contributed by atoms with Crippen molar-refractivity contribution in [3.63, 3.8) is 0 Å². The van der Waals surface area contributed by atoms with Crippen molar-refractivity contribution >= 4 is 11.0 Å². The highest BCUT2D eigenvalue weighted by Gasteiger charge is 2.21. The second kappa shape index (κ2) is 4.12. The van der Waals surface area contributed by atoms with Gasteiger partial charge in [0.25, 0.3) is 5.52 Å². The second-order valence-electron chi connectivity index (χ2n) is 3.95. The molecule has 6 heteroatoms. The summed E-state index contributed by atoms with van der Waals surface area (Å²) < 4.78 is 15.8. The van der Waals surface area contributed by atoms with Crippen molar-refractivity contribution in [1.29, 1.82) is 0 Å². The highest BCUT2D eigenvalue weighted by atomic mass is 16.8. The molecule has 17 heavy (non-hydrogen) atoms. The third-order valence-electron chi connectivity index (χ3n) is 2.77. The van der Waals surface area contributed by atoms with E-state index in [2.05, 4.69) is 9.79 Å².